The molecule has 0 bridgehead atoms. The first-order chi connectivity index (χ1) is 16.4. The minimum atomic E-state index is -0.802. The van der Waals surface area contributed by atoms with E-state index in [2.05, 4.69) is 26.5 Å². The summed E-state index contributed by atoms with van der Waals surface area (Å²) < 4.78 is 23.3. The predicted octanol–water partition coefficient (Wildman–Crippen LogP) is 5.63. The molecule has 34 heavy (non-hydrogen) atoms. The Labute approximate surface area is 214 Å². The topological polar surface area (TPSA) is 78.4 Å². The predicted molar refractivity (Wildman–Crippen MR) is 134 cm³/mol. The molecule has 1 heterocycles. The van der Waals surface area contributed by atoms with Crippen LogP contribution in [0.1, 0.15) is 11.1 Å². The molecule has 0 radical (unpaired) electrons. The number of hydrogen-bond donors (Lipinski definition) is 1. The molecule has 0 aliphatic carbocycles. The SMILES string of the molecule is COc1cc(/C=N\NC(=O)[C@H]2COc3ccccc3O2)cc(Br)c1OCc1ccc(Cl)cc1Cl. The van der Waals surface area contributed by atoms with E-state index in [1.54, 1.807) is 42.5 Å². The van der Waals surface area contributed by atoms with Gasteiger partial charge in [0.25, 0.3) is 5.91 Å². The standard InChI is InChI=1S/C24H19BrCl2N2O5/c1-31-21-9-14(8-17(25)23(21)33-12-15-6-7-16(26)10-18(15)27)11-28-29-24(30)22-13-32-19-4-2-3-5-20(19)34-22/h2-11,22H,12-13H2,1H3,(H,29,30)/b28-11-/t22-/m1/s1. The van der Waals surface area contributed by atoms with Crippen LogP contribution in [0, 0.1) is 0 Å². The van der Waals surface area contributed by atoms with Crippen molar-refractivity contribution in [2.45, 2.75) is 12.7 Å². The lowest BCUT2D eigenvalue weighted by molar-refractivity contribution is -0.130. The molecule has 0 saturated heterocycles. The summed E-state index contributed by atoms with van der Waals surface area (Å²) in [6, 6.07) is 15.9. The number of nitrogens with one attached hydrogen (secondary N) is 1. The summed E-state index contributed by atoms with van der Waals surface area (Å²) in [5, 5.41) is 5.09. The van der Waals surface area contributed by atoms with Crippen molar-refractivity contribution < 1.29 is 23.7 Å². The fourth-order valence-electron chi connectivity index (χ4n) is 3.13. The van der Waals surface area contributed by atoms with Crippen LogP contribution in [-0.2, 0) is 11.4 Å². The summed E-state index contributed by atoms with van der Waals surface area (Å²) in [6.45, 7) is 0.322. The van der Waals surface area contributed by atoms with Gasteiger partial charge in [-0.1, -0.05) is 41.4 Å². The van der Waals surface area contributed by atoms with Crippen LogP contribution in [0.3, 0.4) is 0 Å². The Balaban J connectivity index is 1.39. The first-order valence-corrected chi connectivity index (χ1v) is 11.6. The van der Waals surface area contributed by atoms with Crippen LogP contribution in [0.2, 0.25) is 10.0 Å². The van der Waals surface area contributed by atoms with Crippen LogP contribution < -0.4 is 24.4 Å². The van der Waals surface area contributed by atoms with Gasteiger partial charge in [-0.05, 0) is 57.9 Å². The highest BCUT2D eigenvalue weighted by atomic mass is 79.9. The van der Waals surface area contributed by atoms with Gasteiger partial charge in [-0.3, -0.25) is 4.79 Å². The molecule has 3 aromatic rings. The molecule has 10 heteroatoms. The number of nitrogens with zero attached hydrogens (tertiary/aromatic N) is 1. The number of hydrazone groups is 1. The number of fused-ring (bicyclic) bond motifs is 1. The van der Waals surface area contributed by atoms with Crippen molar-refractivity contribution in [3.8, 4) is 23.0 Å². The monoisotopic (exact) mass is 564 g/mol. The van der Waals surface area contributed by atoms with E-state index in [0.29, 0.717) is 43.1 Å². The molecule has 176 valence electrons. The van der Waals surface area contributed by atoms with Crippen LogP contribution in [0.25, 0.3) is 0 Å². The molecule has 1 amide bonds. The average molecular weight is 566 g/mol. The Morgan fingerprint density at radius 2 is 2.00 bits per heavy atom. The van der Waals surface area contributed by atoms with Crippen molar-refractivity contribution >= 4 is 51.3 Å². The third-order valence-electron chi connectivity index (χ3n) is 4.83. The van der Waals surface area contributed by atoms with Crippen molar-refractivity contribution in [1.29, 1.82) is 0 Å². The quantitative estimate of drug-likeness (QED) is 0.296. The number of rotatable bonds is 7. The van der Waals surface area contributed by atoms with Crippen LogP contribution in [-0.4, -0.2) is 31.9 Å². The second kappa shape index (κ2) is 11.0. The number of amides is 1. The average Bonchev–Trinajstić information content (AvgIpc) is 2.83. The minimum absolute atomic E-state index is 0.0986. The maximum absolute atomic E-state index is 12.4. The lowest BCUT2D eigenvalue weighted by atomic mass is 10.2. The van der Waals surface area contributed by atoms with E-state index in [1.165, 1.54) is 13.3 Å². The van der Waals surface area contributed by atoms with Gasteiger partial charge in [0.2, 0.25) is 6.10 Å². The van der Waals surface area contributed by atoms with Gasteiger partial charge in [0.05, 0.1) is 17.8 Å². The fraction of sp³-hybridized carbons (Fsp3) is 0.167. The molecule has 0 fully saturated rings. The Morgan fingerprint density at radius 1 is 1.21 bits per heavy atom. The lowest BCUT2D eigenvalue weighted by Crippen LogP contribution is -2.42. The number of hydrogen-bond acceptors (Lipinski definition) is 6. The number of para-hydroxylation sites is 2. The molecule has 0 unspecified atom stereocenters. The number of methoxy groups -OCH3 is 1. The third-order valence-corrected chi connectivity index (χ3v) is 6.00. The number of carbonyl (C=O) groups is 1. The van der Waals surface area contributed by atoms with E-state index in [1.807, 2.05) is 12.1 Å². The van der Waals surface area contributed by atoms with E-state index in [9.17, 15) is 4.79 Å². The van der Waals surface area contributed by atoms with Crippen LogP contribution in [0.5, 0.6) is 23.0 Å². The summed E-state index contributed by atoms with van der Waals surface area (Å²) in [6.07, 6.45) is 0.687. The van der Waals surface area contributed by atoms with E-state index in [4.69, 9.17) is 42.1 Å². The number of benzene rings is 3. The summed E-state index contributed by atoms with van der Waals surface area (Å²) in [7, 11) is 1.53. The Morgan fingerprint density at radius 3 is 2.76 bits per heavy atom. The normalized spacial score (nSPS) is 14.6. The van der Waals surface area contributed by atoms with Gasteiger partial charge in [-0.2, -0.15) is 5.10 Å². The Hall–Kier alpha value is -2.94. The highest BCUT2D eigenvalue weighted by Gasteiger charge is 2.27. The molecule has 1 aliphatic rings. The third kappa shape index (κ3) is 5.75. The first kappa shape index (κ1) is 24.2. The minimum Gasteiger partial charge on any atom is -0.493 e. The fourth-order valence-corrected chi connectivity index (χ4v) is 4.17. The van der Waals surface area contributed by atoms with Gasteiger partial charge in [-0.15, -0.1) is 0 Å². The van der Waals surface area contributed by atoms with Gasteiger partial charge in [-0.25, -0.2) is 5.43 Å². The lowest BCUT2D eigenvalue weighted by Gasteiger charge is -2.24. The first-order valence-electron chi connectivity index (χ1n) is 10.1. The van der Waals surface area contributed by atoms with Gasteiger partial charge in [0, 0.05) is 15.6 Å². The molecule has 4 rings (SSSR count). The summed E-state index contributed by atoms with van der Waals surface area (Å²) in [5.74, 6) is 1.68. The smallest absolute Gasteiger partial charge is 0.284 e. The molecule has 3 aromatic carbocycles. The Kier molecular flexibility index (Phi) is 7.82. The highest BCUT2D eigenvalue weighted by molar-refractivity contribution is 9.10. The van der Waals surface area contributed by atoms with E-state index in [-0.39, 0.29) is 13.2 Å². The van der Waals surface area contributed by atoms with Crippen LogP contribution in [0.4, 0.5) is 0 Å². The van der Waals surface area contributed by atoms with Crippen molar-refractivity contribution in [3.05, 3.63) is 80.2 Å². The van der Waals surface area contributed by atoms with Crippen molar-refractivity contribution in [1.82, 2.24) is 5.43 Å². The second-order valence-corrected chi connectivity index (χ2v) is 8.85. The number of halogens is 3. The second-order valence-electron chi connectivity index (χ2n) is 7.16. The molecule has 0 spiro atoms. The molecular formula is C24H19BrCl2N2O5. The summed E-state index contributed by atoms with van der Waals surface area (Å²) in [4.78, 5) is 12.4. The van der Waals surface area contributed by atoms with E-state index >= 15 is 0 Å². The van der Waals surface area contributed by atoms with Gasteiger partial charge in [0.1, 0.15) is 13.2 Å². The maximum atomic E-state index is 12.4. The molecule has 1 aliphatic heterocycles. The molecule has 0 aromatic heterocycles. The van der Waals surface area contributed by atoms with Gasteiger partial charge in [0.15, 0.2) is 23.0 Å². The van der Waals surface area contributed by atoms with E-state index < -0.39 is 12.0 Å². The largest absolute Gasteiger partial charge is 0.493 e. The zero-order chi connectivity index (χ0) is 24.1. The highest BCUT2D eigenvalue weighted by Crippen LogP contribution is 2.37. The van der Waals surface area contributed by atoms with Crippen molar-refractivity contribution in [2.24, 2.45) is 5.10 Å². The molecule has 1 N–H and O–H groups in total. The number of carbonyl (C=O) groups excluding carboxylic acids is 1. The van der Waals surface area contributed by atoms with Crippen molar-refractivity contribution in [3.63, 3.8) is 0 Å². The zero-order valence-electron chi connectivity index (χ0n) is 17.9. The van der Waals surface area contributed by atoms with Crippen molar-refractivity contribution in [2.75, 3.05) is 13.7 Å². The summed E-state index contributed by atoms with van der Waals surface area (Å²) >= 11 is 15.7. The maximum Gasteiger partial charge on any atom is 0.284 e. The number of ether oxygens (including phenoxy) is 4. The summed E-state index contributed by atoms with van der Waals surface area (Å²) in [5.41, 5.74) is 3.93. The van der Waals surface area contributed by atoms with Gasteiger partial charge < -0.3 is 18.9 Å². The Bertz CT molecular complexity index is 1240. The molecular weight excluding hydrogens is 547 g/mol. The molecule has 7 nitrogen and oxygen atoms in total. The van der Waals surface area contributed by atoms with Gasteiger partial charge >= 0.3 is 0 Å². The molecule has 1 atom stereocenters. The van der Waals surface area contributed by atoms with Crippen LogP contribution in [0.15, 0.2) is 64.2 Å². The molecule has 0 saturated carbocycles. The zero-order valence-corrected chi connectivity index (χ0v) is 21.0. The van der Waals surface area contributed by atoms with Crippen LogP contribution >= 0.6 is 39.1 Å². The van der Waals surface area contributed by atoms with E-state index in [0.717, 1.165) is 5.56 Å².